The monoisotopic (exact) mass is 442 g/mol. The zero-order valence-corrected chi connectivity index (χ0v) is 18.9. The Labute approximate surface area is 185 Å². The second-order valence-corrected chi connectivity index (χ2v) is 8.88. The fourth-order valence-corrected chi connectivity index (χ4v) is 5.44. The minimum atomic E-state index is 0.673. The molecule has 0 aliphatic carbocycles. The van der Waals surface area contributed by atoms with Crippen molar-refractivity contribution in [1.82, 2.24) is 19.1 Å². The molecular formula is C22H26N4O2S2. The van der Waals surface area contributed by atoms with Crippen LogP contribution in [0.1, 0.15) is 0 Å². The predicted molar refractivity (Wildman–Crippen MR) is 125 cm³/mol. The molecule has 6 nitrogen and oxygen atoms in total. The summed E-state index contributed by atoms with van der Waals surface area (Å²) in [6.45, 7) is 2.96. The van der Waals surface area contributed by atoms with Gasteiger partial charge in [-0.1, -0.05) is 47.8 Å². The molecule has 0 saturated carbocycles. The molecule has 0 amide bonds. The Morgan fingerprint density at radius 3 is 1.57 bits per heavy atom. The number of benzene rings is 2. The van der Waals surface area contributed by atoms with Crippen LogP contribution in [0.4, 0.5) is 0 Å². The maximum absolute atomic E-state index is 5.29. The molecule has 2 aromatic carbocycles. The van der Waals surface area contributed by atoms with E-state index < -0.39 is 0 Å². The van der Waals surface area contributed by atoms with Crippen molar-refractivity contribution in [3.8, 4) is 0 Å². The van der Waals surface area contributed by atoms with Crippen LogP contribution in [0.5, 0.6) is 0 Å². The van der Waals surface area contributed by atoms with Crippen LogP contribution in [-0.4, -0.2) is 58.0 Å². The summed E-state index contributed by atoms with van der Waals surface area (Å²) < 4.78 is 15.1. The number of hydrogen-bond donors (Lipinski definition) is 0. The van der Waals surface area contributed by atoms with Gasteiger partial charge in [0, 0.05) is 38.8 Å². The van der Waals surface area contributed by atoms with E-state index in [2.05, 4.69) is 45.5 Å². The van der Waals surface area contributed by atoms with Gasteiger partial charge in [0.05, 0.1) is 35.3 Å². The summed E-state index contributed by atoms with van der Waals surface area (Å²) >= 11 is 3.57. The van der Waals surface area contributed by atoms with Gasteiger partial charge in [0.2, 0.25) is 0 Å². The lowest BCUT2D eigenvalue weighted by atomic mass is 10.3. The molecule has 0 N–H and O–H groups in total. The van der Waals surface area contributed by atoms with Gasteiger partial charge in [0.15, 0.2) is 10.3 Å². The summed E-state index contributed by atoms with van der Waals surface area (Å²) in [7, 11) is 3.47. The fraction of sp³-hybridized carbons (Fsp3) is 0.364. The van der Waals surface area contributed by atoms with Gasteiger partial charge in [-0.05, 0) is 24.3 Å². The predicted octanol–water partition coefficient (Wildman–Crippen LogP) is 4.56. The minimum absolute atomic E-state index is 0.673. The van der Waals surface area contributed by atoms with Crippen LogP contribution in [0, 0.1) is 0 Å². The summed E-state index contributed by atoms with van der Waals surface area (Å²) in [5.41, 5.74) is 4.38. The van der Waals surface area contributed by atoms with Gasteiger partial charge in [-0.25, -0.2) is 9.97 Å². The third kappa shape index (κ3) is 4.67. The zero-order valence-electron chi connectivity index (χ0n) is 17.3. The average molecular weight is 443 g/mol. The lowest BCUT2D eigenvalue weighted by Crippen LogP contribution is -2.06. The SMILES string of the molecule is COCCn1c(SCCSc2nc3ccccc3n2CCOC)nc2ccccc21. The van der Waals surface area contributed by atoms with Gasteiger partial charge in [-0.2, -0.15) is 0 Å². The molecule has 0 aliphatic rings. The Morgan fingerprint density at radius 1 is 0.700 bits per heavy atom. The van der Waals surface area contributed by atoms with Crippen molar-refractivity contribution >= 4 is 45.6 Å². The van der Waals surface area contributed by atoms with Crippen LogP contribution in [0.15, 0.2) is 58.8 Å². The van der Waals surface area contributed by atoms with E-state index in [4.69, 9.17) is 19.4 Å². The summed E-state index contributed by atoms with van der Waals surface area (Å²) in [5.74, 6) is 1.91. The van der Waals surface area contributed by atoms with Gasteiger partial charge in [-0.15, -0.1) is 0 Å². The van der Waals surface area contributed by atoms with Crippen LogP contribution in [0.25, 0.3) is 22.1 Å². The summed E-state index contributed by atoms with van der Waals surface area (Å²) in [6, 6.07) is 16.6. The normalized spacial score (nSPS) is 11.7. The Balaban J connectivity index is 1.44. The van der Waals surface area contributed by atoms with Crippen molar-refractivity contribution in [3.05, 3.63) is 48.5 Å². The number of rotatable bonds is 11. The first-order chi connectivity index (χ1) is 14.8. The lowest BCUT2D eigenvalue weighted by Gasteiger charge is -2.09. The number of methoxy groups -OCH3 is 2. The molecule has 0 spiro atoms. The van der Waals surface area contributed by atoms with E-state index in [1.165, 1.54) is 0 Å². The van der Waals surface area contributed by atoms with Crippen LogP contribution >= 0.6 is 23.5 Å². The summed E-state index contributed by atoms with van der Waals surface area (Å²) in [6.07, 6.45) is 0. The molecule has 0 unspecified atom stereocenters. The average Bonchev–Trinajstić information content (AvgIpc) is 3.31. The van der Waals surface area contributed by atoms with Crippen molar-refractivity contribution in [2.45, 2.75) is 23.4 Å². The van der Waals surface area contributed by atoms with Crippen LogP contribution in [-0.2, 0) is 22.6 Å². The van der Waals surface area contributed by atoms with Crippen molar-refractivity contribution in [2.24, 2.45) is 0 Å². The number of aromatic nitrogens is 4. The third-order valence-corrected chi connectivity index (χ3v) is 7.04. The highest BCUT2D eigenvalue weighted by Crippen LogP contribution is 2.28. The molecule has 0 atom stereocenters. The summed E-state index contributed by atoms with van der Waals surface area (Å²) in [4.78, 5) is 9.65. The largest absolute Gasteiger partial charge is 0.383 e. The highest BCUT2D eigenvalue weighted by atomic mass is 32.2. The summed E-state index contributed by atoms with van der Waals surface area (Å²) in [5, 5.41) is 2.09. The molecule has 8 heteroatoms. The number of para-hydroxylation sites is 4. The maximum atomic E-state index is 5.29. The van der Waals surface area contributed by atoms with E-state index in [1.54, 1.807) is 37.7 Å². The fourth-order valence-electron chi connectivity index (χ4n) is 3.39. The highest BCUT2D eigenvalue weighted by molar-refractivity contribution is 8.02. The number of ether oxygens (including phenoxy) is 2. The first-order valence-corrected chi connectivity index (χ1v) is 11.9. The number of fused-ring (bicyclic) bond motifs is 2. The minimum Gasteiger partial charge on any atom is -0.383 e. The third-order valence-electron chi connectivity index (χ3n) is 4.82. The molecule has 0 aliphatic heterocycles. The first kappa shape index (κ1) is 21.2. The van der Waals surface area contributed by atoms with E-state index in [-0.39, 0.29) is 0 Å². The Hall–Kier alpha value is -2.00. The topological polar surface area (TPSA) is 54.1 Å². The Kier molecular flexibility index (Phi) is 7.33. The van der Waals surface area contributed by atoms with Gasteiger partial charge in [0.25, 0.3) is 0 Å². The van der Waals surface area contributed by atoms with Crippen LogP contribution in [0.3, 0.4) is 0 Å². The molecule has 2 aromatic heterocycles. The van der Waals surface area contributed by atoms with Crippen molar-refractivity contribution < 1.29 is 9.47 Å². The number of imidazole rings is 2. The van der Waals surface area contributed by atoms with Crippen molar-refractivity contribution in [3.63, 3.8) is 0 Å². The Morgan fingerprint density at radius 2 is 1.13 bits per heavy atom. The quantitative estimate of drug-likeness (QED) is 0.251. The first-order valence-electron chi connectivity index (χ1n) is 9.96. The van der Waals surface area contributed by atoms with Gasteiger partial charge in [0.1, 0.15) is 0 Å². The maximum Gasteiger partial charge on any atom is 0.169 e. The molecule has 4 rings (SSSR count). The smallest absolute Gasteiger partial charge is 0.169 e. The second-order valence-electron chi connectivity index (χ2n) is 6.75. The Bertz CT molecular complexity index is 1020. The molecule has 0 fully saturated rings. The molecule has 158 valence electrons. The van der Waals surface area contributed by atoms with Crippen molar-refractivity contribution in [1.29, 1.82) is 0 Å². The molecule has 30 heavy (non-hydrogen) atoms. The van der Waals surface area contributed by atoms with E-state index in [0.29, 0.717) is 13.2 Å². The van der Waals surface area contributed by atoms with E-state index in [9.17, 15) is 0 Å². The molecule has 0 saturated heterocycles. The highest BCUT2D eigenvalue weighted by Gasteiger charge is 2.13. The van der Waals surface area contributed by atoms with E-state index in [0.717, 1.165) is 57.0 Å². The van der Waals surface area contributed by atoms with E-state index in [1.807, 2.05) is 12.1 Å². The van der Waals surface area contributed by atoms with Crippen LogP contribution < -0.4 is 0 Å². The molecule has 0 bridgehead atoms. The van der Waals surface area contributed by atoms with Crippen molar-refractivity contribution in [2.75, 3.05) is 38.9 Å². The van der Waals surface area contributed by atoms with Crippen LogP contribution in [0.2, 0.25) is 0 Å². The molecular weight excluding hydrogens is 416 g/mol. The second kappa shape index (κ2) is 10.3. The number of nitrogens with zero attached hydrogens (tertiary/aromatic N) is 4. The van der Waals surface area contributed by atoms with Gasteiger partial charge in [-0.3, -0.25) is 0 Å². The zero-order chi connectivity index (χ0) is 20.8. The van der Waals surface area contributed by atoms with E-state index >= 15 is 0 Å². The van der Waals surface area contributed by atoms with Gasteiger partial charge < -0.3 is 18.6 Å². The van der Waals surface area contributed by atoms with Gasteiger partial charge >= 0.3 is 0 Å². The molecule has 0 radical (unpaired) electrons. The number of thioether (sulfide) groups is 2. The molecule has 4 aromatic rings. The number of hydrogen-bond acceptors (Lipinski definition) is 6. The molecule has 2 heterocycles. The lowest BCUT2D eigenvalue weighted by molar-refractivity contribution is 0.186. The standard InChI is InChI=1S/C22H26N4O2S2/c1-27-13-11-25-19-9-5-3-7-17(19)23-21(25)29-15-16-30-22-24-18-8-4-6-10-20(18)26(22)12-14-28-2/h3-10H,11-16H2,1-2H3.